The second kappa shape index (κ2) is 11.2. The predicted octanol–water partition coefficient (Wildman–Crippen LogP) is 6.27. The number of ether oxygens (including phenoxy) is 1. The molecule has 0 heterocycles. The highest BCUT2D eigenvalue weighted by Crippen LogP contribution is 2.36. The largest absolute Gasteiger partial charge is 0.457 e. The number of nitriles is 1. The molecule has 4 aromatic rings. The molecular formula is C29H22F2N2O4S. The maximum Gasteiger partial charge on any atom is 0.228 e. The maximum atomic E-state index is 13.9. The third-order valence-corrected chi connectivity index (χ3v) is 7.41. The maximum absolute atomic E-state index is 13.9. The van der Waals surface area contributed by atoms with Gasteiger partial charge >= 0.3 is 0 Å². The minimum absolute atomic E-state index is 0.0102. The number of carbonyl (C=O) groups is 1. The molecule has 9 heteroatoms. The van der Waals surface area contributed by atoms with Crippen molar-refractivity contribution in [1.29, 1.82) is 5.26 Å². The summed E-state index contributed by atoms with van der Waals surface area (Å²) < 4.78 is 57.8. The van der Waals surface area contributed by atoms with Gasteiger partial charge in [-0.2, -0.15) is 5.26 Å². The summed E-state index contributed by atoms with van der Waals surface area (Å²) in [7, 11) is -3.34. The summed E-state index contributed by atoms with van der Waals surface area (Å²) >= 11 is 0. The number of sulfone groups is 1. The van der Waals surface area contributed by atoms with Crippen LogP contribution in [0.3, 0.4) is 0 Å². The lowest BCUT2D eigenvalue weighted by Crippen LogP contribution is -2.14. The Morgan fingerprint density at radius 1 is 0.947 bits per heavy atom. The number of rotatable bonds is 8. The molecule has 0 fully saturated rings. The van der Waals surface area contributed by atoms with Gasteiger partial charge in [-0.3, -0.25) is 4.79 Å². The van der Waals surface area contributed by atoms with Crippen LogP contribution >= 0.6 is 0 Å². The van der Waals surface area contributed by atoms with E-state index in [9.17, 15) is 27.3 Å². The van der Waals surface area contributed by atoms with E-state index >= 15 is 0 Å². The second-order valence-corrected chi connectivity index (χ2v) is 10.7. The fourth-order valence-corrected chi connectivity index (χ4v) is 4.64. The predicted molar refractivity (Wildman–Crippen MR) is 140 cm³/mol. The second-order valence-electron chi connectivity index (χ2n) is 8.38. The molecule has 1 N–H and O–H groups in total. The summed E-state index contributed by atoms with van der Waals surface area (Å²) in [6.45, 7) is 1.56. The number of carbonyl (C=O) groups excluding carboxylic acids is 1. The lowest BCUT2D eigenvalue weighted by atomic mass is 10.0. The van der Waals surface area contributed by atoms with Crippen LogP contribution in [0.4, 0.5) is 14.5 Å². The van der Waals surface area contributed by atoms with Crippen molar-refractivity contribution >= 4 is 21.4 Å². The number of nitrogens with zero attached hydrogens (tertiary/aromatic N) is 1. The van der Waals surface area contributed by atoms with Gasteiger partial charge in [0.1, 0.15) is 23.1 Å². The Bertz CT molecular complexity index is 1630. The van der Waals surface area contributed by atoms with Crippen LogP contribution in [0.1, 0.15) is 18.1 Å². The van der Waals surface area contributed by atoms with Gasteiger partial charge < -0.3 is 10.1 Å². The van der Waals surface area contributed by atoms with Crippen molar-refractivity contribution in [1.82, 2.24) is 0 Å². The molecule has 0 saturated heterocycles. The van der Waals surface area contributed by atoms with Crippen molar-refractivity contribution in [2.45, 2.75) is 18.2 Å². The fraction of sp³-hybridized carbons (Fsp3) is 0.103. The van der Waals surface area contributed by atoms with E-state index in [0.717, 1.165) is 18.2 Å². The number of anilines is 1. The van der Waals surface area contributed by atoms with Crippen LogP contribution in [-0.4, -0.2) is 20.1 Å². The van der Waals surface area contributed by atoms with E-state index in [0.29, 0.717) is 28.1 Å². The topological polar surface area (TPSA) is 96.3 Å². The van der Waals surface area contributed by atoms with E-state index in [-0.39, 0.29) is 34.3 Å². The molecule has 0 aromatic heterocycles. The molecule has 0 spiro atoms. The van der Waals surface area contributed by atoms with Crippen molar-refractivity contribution in [2.75, 3.05) is 11.1 Å². The summed E-state index contributed by atoms with van der Waals surface area (Å²) in [6.07, 6.45) is -0.0102. The van der Waals surface area contributed by atoms with Crippen LogP contribution in [0, 0.1) is 23.0 Å². The Morgan fingerprint density at radius 2 is 1.66 bits per heavy atom. The molecule has 4 aromatic carbocycles. The van der Waals surface area contributed by atoms with Crippen molar-refractivity contribution in [3.63, 3.8) is 0 Å². The molecule has 0 unspecified atom stereocenters. The Hall–Kier alpha value is -4.55. The van der Waals surface area contributed by atoms with Gasteiger partial charge in [0.2, 0.25) is 5.91 Å². The van der Waals surface area contributed by atoms with Gasteiger partial charge in [-0.1, -0.05) is 25.1 Å². The summed E-state index contributed by atoms with van der Waals surface area (Å²) in [4.78, 5) is 12.9. The quantitative estimate of drug-likeness (QED) is 0.289. The molecule has 0 radical (unpaired) electrons. The summed E-state index contributed by atoms with van der Waals surface area (Å²) in [6, 6.07) is 22.3. The van der Waals surface area contributed by atoms with Gasteiger partial charge in [0.25, 0.3) is 0 Å². The van der Waals surface area contributed by atoms with Crippen LogP contribution < -0.4 is 10.1 Å². The van der Waals surface area contributed by atoms with E-state index in [1.807, 2.05) is 6.07 Å². The molecule has 0 aliphatic heterocycles. The summed E-state index contributed by atoms with van der Waals surface area (Å²) in [5.41, 5.74) is 1.95. The van der Waals surface area contributed by atoms with Crippen molar-refractivity contribution in [3.8, 4) is 28.7 Å². The monoisotopic (exact) mass is 532 g/mol. The zero-order valence-corrected chi connectivity index (χ0v) is 21.1. The van der Waals surface area contributed by atoms with Gasteiger partial charge in [-0.05, 0) is 65.7 Å². The van der Waals surface area contributed by atoms with Crippen LogP contribution in [0.25, 0.3) is 11.1 Å². The van der Waals surface area contributed by atoms with Gasteiger partial charge in [-0.15, -0.1) is 0 Å². The molecule has 192 valence electrons. The van der Waals surface area contributed by atoms with E-state index in [4.69, 9.17) is 4.74 Å². The third kappa shape index (κ3) is 6.41. The molecule has 6 nitrogen and oxygen atoms in total. The summed E-state index contributed by atoms with van der Waals surface area (Å²) in [5, 5.41) is 11.9. The molecule has 0 aliphatic carbocycles. The first-order valence-corrected chi connectivity index (χ1v) is 13.2. The molecule has 1 amide bonds. The fourth-order valence-electron chi connectivity index (χ4n) is 3.76. The van der Waals surface area contributed by atoms with Gasteiger partial charge in [0, 0.05) is 23.4 Å². The van der Waals surface area contributed by atoms with Crippen molar-refractivity contribution in [2.24, 2.45) is 0 Å². The highest BCUT2D eigenvalue weighted by molar-refractivity contribution is 7.91. The van der Waals surface area contributed by atoms with E-state index in [2.05, 4.69) is 5.32 Å². The minimum atomic E-state index is -3.34. The van der Waals surface area contributed by atoms with Crippen LogP contribution in [-0.2, 0) is 21.1 Å². The zero-order chi connectivity index (χ0) is 27.3. The number of hydrogen-bond acceptors (Lipinski definition) is 5. The average molecular weight is 533 g/mol. The van der Waals surface area contributed by atoms with Crippen molar-refractivity contribution in [3.05, 3.63) is 108 Å². The molecule has 0 atom stereocenters. The van der Waals surface area contributed by atoms with Gasteiger partial charge in [0.05, 0.1) is 28.7 Å². The van der Waals surface area contributed by atoms with E-state index in [1.165, 1.54) is 24.3 Å². The lowest BCUT2D eigenvalue weighted by Gasteiger charge is -2.15. The number of halogens is 2. The Morgan fingerprint density at radius 3 is 2.32 bits per heavy atom. The molecule has 0 saturated carbocycles. The Balaban J connectivity index is 1.61. The number of nitrogens with one attached hydrogen (secondary N) is 1. The first-order valence-electron chi connectivity index (χ1n) is 11.6. The number of benzene rings is 4. The SMILES string of the molecule is CCS(=O)(=O)c1ccc(CC(=O)Nc2ccc(-c3cc(F)cc(F)c3)c(Oc3cccc(C#N)c3)c2)cc1. The molecule has 0 bridgehead atoms. The summed E-state index contributed by atoms with van der Waals surface area (Å²) in [5.74, 6) is -1.36. The molecule has 38 heavy (non-hydrogen) atoms. The van der Waals surface area contributed by atoms with Crippen LogP contribution in [0.5, 0.6) is 11.5 Å². The standard InChI is InChI=1S/C29H22F2N2O4S/c1-2-38(35,36)26-9-6-19(7-10-26)13-29(34)33-24-8-11-27(21-14-22(30)16-23(31)15-21)28(17-24)37-25-5-3-4-20(12-25)18-32/h3-12,14-17H,2,13H2,1H3,(H,33,34). The van der Waals surface area contributed by atoms with Crippen LogP contribution in [0.15, 0.2) is 89.8 Å². The average Bonchev–Trinajstić information content (AvgIpc) is 2.88. The lowest BCUT2D eigenvalue weighted by molar-refractivity contribution is -0.115. The van der Waals surface area contributed by atoms with E-state index < -0.39 is 21.5 Å². The van der Waals surface area contributed by atoms with Gasteiger partial charge in [-0.25, -0.2) is 17.2 Å². The minimum Gasteiger partial charge on any atom is -0.457 e. The Labute approximate surface area is 219 Å². The molecular weight excluding hydrogens is 510 g/mol. The van der Waals surface area contributed by atoms with E-state index in [1.54, 1.807) is 49.4 Å². The molecule has 4 rings (SSSR count). The zero-order valence-electron chi connectivity index (χ0n) is 20.2. The highest BCUT2D eigenvalue weighted by Gasteiger charge is 2.15. The van der Waals surface area contributed by atoms with Crippen LogP contribution in [0.2, 0.25) is 0 Å². The van der Waals surface area contributed by atoms with Crippen molar-refractivity contribution < 1.29 is 26.7 Å². The smallest absolute Gasteiger partial charge is 0.228 e. The Kier molecular flexibility index (Phi) is 7.84. The van der Waals surface area contributed by atoms with Gasteiger partial charge in [0.15, 0.2) is 9.84 Å². The normalized spacial score (nSPS) is 11.0. The highest BCUT2D eigenvalue weighted by atomic mass is 32.2. The third-order valence-electron chi connectivity index (χ3n) is 5.66. The molecule has 0 aliphatic rings. The first-order chi connectivity index (χ1) is 18.2. The number of amides is 1. The first kappa shape index (κ1) is 26.5. The number of hydrogen-bond donors (Lipinski definition) is 1.